The molecule has 4 heteroatoms. The van der Waals surface area contributed by atoms with Gasteiger partial charge < -0.3 is 4.90 Å². The number of rotatable bonds is 1. The van der Waals surface area contributed by atoms with Gasteiger partial charge in [-0.05, 0) is 61.4 Å². The average molecular weight is 339 g/mol. The molecule has 1 aliphatic carbocycles. The molecule has 142 valence electrons. The quantitative estimate of drug-likeness (QED) is 0.728. The molecule has 24 heavy (non-hydrogen) atoms. The van der Waals surface area contributed by atoms with Gasteiger partial charge in [0.2, 0.25) is 0 Å². The predicted octanol–water partition coefficient (Wildman–Crippen LogP) is 2.60. The Morgan fingerprint density at radius 3 is 1.29 bits per heavy atom. The van der Waals surface area contributed by atoms with Crippen LogP contribution in [-0.4, -0.2) is 96.1 Å². The fourth-order valence-electron chi connectivity index (χ4n) is 3.67. The van der Waals surface area contributed by atoms with Crippen LogP contribution < -0.4 is 0 Å². The highest BCUT2D eigenvalue weighted by Crippen LogP contribution is 2.28. The Labute approximate surface area is 151 Å². The number of nitrogens with zero attached hydrogens (tertiary/aromatic N) is 4. The van der Waals surface area contributed by atoms with E-state index in [0.29, 0.717) is 11.1 Å². The summed E-state index contributed by atoms with van der Waals surface area (Å²) in [5.41, 5.74) is 0.733. The summed E-state index contributed by atoms with van der Waals surface area (Å²) >= 11 is 0. The molecule has 0 atom stereocenters. The summed E-state index contributed by atoms with van der Waals surface area (Å²) in [5, 5.41) is 0. The highest BCUT2D eigenvalue weighted by atomic mass is 15.3. The number of piperazine rings is 2. The Hall–Kier alpha value is -0.160. The van der Waals surface area contributed by atoms with Crippen LogP contribution in [0.5, 0.6) is 0 Å². The van der Waals surface area contributed by atoms with Crippen molar-refractivity contribution in [1.82, 2.24) is 19.6 Å². The minimum Gasteiger partial charge on any atom is -0.304 e. The third kappa shape index (κ3) is 6.29. The fraction of sp³-hybridized carbons (Fsp3) is 1.00. The van der Waals surface area contributed by atoms with Gasteiger partial charge >= 0.3 is 0 Å². The van der Waals surface area contributed by atoms with Crippen molar-refractivity contribution in [1.29, 1.82) is 0 Å². The highest BCUT2D eigenvalue weighted by molar-refractivity contribution is 4.90. The fourth-order valence-corrected chi connectivity index (χ4v) is 3.67. The second-order valence-corrected chi connectivity index (χ2v) is 9.89. The van der Waals surface area contributed by atoms with E-state index in [2.05, 4.69) is 68.2 Å². The van der Waals surface area contributed by atoms with Crippen LogP contribution in [0.25, 0.3) is 0 Å². The SMILES string of the molecule is CC(C)(C)N1CCN(C2CC2)CC1.CN1CCN(C(C)(C)C)CC1. The molecule has 0 aromatic rings. The molecule has 0 aromatic heterocycles. The normalized spacial score (nSPS) is 26.1. The Morgan fingerprint density at radius 2 is 0.958 bits per heavy atom. The summed E-state index contributed by atoms with van der Waals surface area (Å²) in [7, 11) is 2.19. The van der Waals surface area contributed by atoms with Crippen LogP contribution in [0.4, 0.5) is 0 Å². The van der Waals surface area contributed by atoms with Crippen molar-refractivity contribution in [3.8, 4) is 0 Å². The van der Waals surface area contributed by atoms with Gasteiger partial charge in [0.1, 0.15) is 0 Å². The predicted molar refractivity (Wildman–Crippen MR) is 105 cm³/mol. The molecule has 0 unspecified atom stereocenters. The first-order chi connectivity index (χ1) is 11.1. The van der Waals surface area contributed by atoms with E-state index in [-0.39, 0.29) is 0 Å². The Kier molecular flexibility index (Phi) is 6.74. The Bertz CT molecular complexity index is 362. The Morgan fingerprint density at radius 1 is 0.583 bits per heavy atom. The van der Waals surface area contributed by atoms with E-state index in [1.165, 1.54) is 65.2 Å². The third-order valence-corrected chi connectivity index (χ3v) is 5.78. The van der Waals surface area contributed by atoms with Crippen molar-refractivity contribution in [3.05, 3.63) is 0 Å². The van der Waals surface area contributed by atoms with Crippen LogP contribution in [-0.2, 0) is 0 Å². The molecule has 0 N–H and O–H groups in total. The number of hydrogen-bond acceptors (Lipinski definition) is 4. The van der Waals surface area contributed by atoms with Gasteiger partial charge in [-0.1, -0.05) is 0 Å². The number of likely N-dealkylation sites (N-methyl/N-ethyl adjacent to an activating group) is 1. The molecule has 0 aromatic carbocycles. The molecule has 0 bridgehead atoms. The van der Waals surface area contributed by atoms with Crippen molar-refractivity contribution >= 4 is 0 Å². The van der Waals surface area contributed by atoms with Crippen molar-refractivity contribution < 1.29 is 0 Å². The molecule has 3 fully saturated rings. The Balaban J connectivity index is 0.000000177. The zero-order valence-electron chi connectivity index (χ0n) is 17.4. The highest BCUT2D eigenvalue weighted by Gasteiger charge is 2.33. The molecular weight excluding hydrogens is 296 g/mol. The molecule has 2 aliphatic heterocycles. The van der Waals surface area contributed by atoms with Crippen LogP contribution in [0.15, 0.2) is 0 Å². The summed E-state index contributed by atoms with van der Waals surface area (Å²) in [6.45, 7) is 23.8. The first kappa shape index (κ1) is 20.2. The van der Waals surface area contributed by atoms with Crippen LogP contribution in [0.1, 0.15) is 54.4 Å². The standard InChI is InChI=1S/C11H22N2.C9H20N2/c1-11(2,3)13-8-6-12(7-9-13)10-4-5-10;1-9(2,3)11-7-5-10(4)6-8-11/h10H,4-9H2,1-3H3;5-8H2,1-4H3. The molecule has 2 saturated heterocycles. The van der Waals surface area contributed by atoms with E-state index >= 15 is 0 Å². The van der Waals surface area contributed by atoms with Gasteiger partial charge in [0, 0.05) is 69.5 Å². The molecule has 3 aliphatic rings. The maximum atomic E-state index is 2.67. The average Bonchev–Trinajstić information content (AvgIpc) is 3.31. The van der Waals surface area contributed by atoms with E-state index < -0.39 is 0 Å². The first-order valence-electron chi connectivity index (χ1n) is 10.00. The zero-order chi connectivity index (χ0) is 18.0. The van der Waals surface area contributed by atoms with E-state index in [0.717, 1.165) is 6.04 Å². The van der Waals surface area contributed by atoms with Gasteiger partial charge in [0.05, 0.1) is 0 Å². The van der Waals surface area contributed by atoms with Gasteiger partial charge in [-0.2, -0.15) is 0 Å². The third-order valence-electron chi connectivity index (χ3n) is 5.78. The summed E-state index contributed by atoms with van der Waals surface area (Å²) < 4.78 is 0. The van der Waals surface area contributed by atoms with Gasteiger partial charge in [-0.15, -0.1) is 0 Å². The maximum Gasteiger partial charge on any atom is 0.0126 e. The van der Waals surface area contributed by atoms with Crippen molar-refractivity contribution in [3.63, 3.8) is 0 Å². The minimum atomic E-state index is 0.362. The van der Waals surface area contributed by atoms with Gasteiger partial charge in [-0.3, -0.25) is 14.7 Å². The molecule has 0 amide bonds. The lowest BCUT2D eigenvalue weighted by molar-refractivity contribution is 0.0588. The van der Waals surface area contributed by atoms with Crippen molar-refractivity contribution in [2.24, 2.45) is 0 Å². The smallest absolute Gasteiger partial charge is 0.0126 e. The molecule has 0 radical (unpaired) electrons. The summed E-state index contributed by atoms with van der Waals surface area (Å²) in [6.07, 6.45) is 2.91. The van der Waals surface area contributed by atoms with Crippen molar-refractivity contribution in [2.75, 3.05) is 59.4 Å². The molecule has 4 nitrogen and oxygen atoms in total. The lowest BCUT2D eigenvalue weighted by Gasteiger charge is -2.42. The van der Waals surface area contributed by atoms with E-state index in [1.54, 1.807) is 0 Å². The zero-order valence-corrected chi connectivity index (χ0v) is 17.4. The van der Waals surface area contributed by atoms with E-state index in [1.807, 2.05) is 0 Å². The monoisotopic (exact) mass is 338 g/mol. The molecule has 0 spiro atoms. The molecular formula is C20H42N4. The second kappa shape index (κ2) is 8.03. The van der Waals surface area contributed by atoms with Crippen molar-refractivity contribution in [2.45, 2.75) is 71.5 Å². The van der Waals surface area contributed by atoms with E-state index in [4.69, 9.17) is 0 Å². The van der Waals surface area contributed by atoms with Gasteiger partial charge in [-0.25, -0.2) is 0 Å². The van der Waals surface area contributed by atoms with E-state index in [9.17, 15) is 0 Å². The summed E-state index contributed by atoms with van der Waals surface area (Å²) in [5.74, 6) is 0. The first-order valence-corrected chi connectivity index (χ1v) is 10.00. The lowest BCUT2D eigenvalue weighted by atomic mass is 10.1. The van der Waals surface area contributed by atoms with Crippen LogP contribution in [0.2, 0.25) is 0 Å². The lowest BCUT2D eigenvalue weighted by Crippen LogP contribution is -2.53. The molecule has 1 saturated carbocycles. The van der Waals surface area contributed by atoms with Crippen LogP contribution in [0.3, 0.4) is 0 Å². The van der Waals surface area contributed by atoms with Crippen LogP contribution in [0, 0.1) is 0 Å². The summed E-state index contributed by atoms with van der Waals surface area (Å²) in [6, 6.07) is 0.960. The second-order valence-electron chi connectivity index (χ2n) is 9.89. The molecule has 2 heterocycles. The number of hydrogen-bond donors (Lipinski definition) is 0. The topological polar surface area (TPSA) is 13.0 Å². The largest absolute Gasteiger partial charge is 0.304 e. The van der Waals surface area contributed by atoms with Gasteiger partial charge in [0.15, 0.2) is 0 Å². The van der Waals surface area contributed by atoms with Gasteiger partial charge in [0.25, 0.3) is 0 Å². The summed E-state index contributed by atoms with van der Waals surface area (Å²) in [4.78, 5) is 10.2. The maximum absolute atomic E-state index is 2.67. The molecule has 3 rings (SSSR count). The minimum absolute atomic E-state index is 0.362. The van der Waals surface area contributed by atoms with Crippen LogP contribution >= 0.6 is 0 Å².